The van der Waals surface area contributed by atoms with Crippen LogP contribution in [0.3, 0.4) is 0 Å². The number of ether oxygens (including phenoxy) is 1. The summed E-state index contributed by atoms with van der Waals surface area (Å²) in [6.07, 6.45) is 0.332. The molecule has 0 N–H and O–H groups in total. The van der Waals surface area contributed by atoms with Crippen LogP contribution >= 0.6 is 11.6 Å². The molecule has 0 bridgehead atoms. The number of hydrogen-bond donors (Lipinski definition) is 0. The van der Waals surface area contributed by atoms with Gasteiger partial charge in [-0.2, -0.15) is 0 Å². The number of carbonyl (C=O) groups excluding carboxylic acids is 1. The normalized spacial score (nSPS) is 12.5. The molecular weight excluding hydrogens is 200 g/mol. The van der Waals surface area contributed by atoms with Crippen LogP contribution < -0.4 is 0 Å². The van der Waals surface area contributed by atoms with Crippen molar-refractivity contribution in [1.82, 2.24) is 0 Å². The number of rotatable bonds is 4. The second-order valence-electron chi connectivity index (χ2n) is 3.18. The van der Waals surface area contributed by atoms with Crippen LogP contribution in [0, 0.1) is 0 Å². The van der Waals surface area contributed by atoms with E-state index in [-0.39, 0.29) is 11.9 Å². The third-order valence-corrected chi connectivity index (χ3v) is 2.26. The maximum atomic E-state index is 11.6. The van der Waals surface area contributed by atoms with E-state index in [1.165, 1.54) is 0 Å². The Morgan fingerprint density at radius 1 is 1.57 bits per heavy atom. The Morgan fingerprint density at radius 2 is 2.29 bits per heavy atom. The molecule has 0 saturated heterocycles. The van der Waals surface area contributed by atoms with E-state index >= 15 is 0 Å². The van der Waals surface area contributed by atoms with Gasteiger partial charge in [0.25, 0.3) is 0 Å². The summed E-state index contributed by atoms with van der Waals surface area (Å²) < 4.78 is 5.02. The molecule has 1 rings (SSSR count). The summed E-state index contributed by atoms with van der Waals surface area (Å²) in [5.74, 6) is 0.0573. The zero-order valence-corrected chi connectivity index (χ0v) is 9.04. The molecule has 0 fully saturated rings. The van der Waals surface area contributed by atoms with E-state index in [0.29, 0.717) is 17.0 Å². The molecule has 0 saturated carbocycles. The number of benzene rings is 1. The first kappa shape index (κ1) is 11.2. The van der Waals surface area contributed by atoms with Crippen molar-refractivity contribution in [3.05, 3.63) is 34.9 Å². The van der Waals surface area contributed by atoms with Crippen molar-refractivity contribution < 1.29 is 9.53 Å². The van der Waals surface area contributed by atoms with Crippen LogP contribution in [0.1, 0.15) is 23.7 Å². The Hall–Kier alpha value is -0.860. The number of hydrogen-bond acceptors (Lipinski definition) is 2. The van der Waals surface area contributed by atoms with Crippen molar-refractivity contribution in [3.63, 3.8) is 0 Å². The quantitative estimate of drug-likeness (QED) is 0.718. The Labute approximate surface area is 88.8 Å². The van der Waals surface area contributed by atoms with Crippen LogP contribution in [-0.2, 0) is 4.74 Å². The highest BCUT2D eigenvalue weighted by molar-refractivity contribution is 6.31. The molecule has 0 amide bonds. The summed E-state index contributed by atoms with van der Waals surface area (Å²) in [6, 6.07) is 6.95. The highest BCUT2D eigenvalue weighted by Crippen LogP contribution is 2.13. The minimum Gasteiger partial charge on any atom is -0.381 e. The maximum Gasteiger partial charge on any atom is 0.165 e. The van der Waals surface area contributed by atoms with Gasteiger partial charge in [0, 0.05) is 24.1 Å². The smallest absolute Gasteiger partial charge is 0.165 e. The zero-order chi connectivity index (χ0) is 10.6. The molecule has 0 aliphatic carbocycles. The SMILES string of the molecule is COC(C)CC(=O)c1cccc(Cl)c1. The van der Waals surface area contributed by atoms with Crippen molar-refractivity contribution in [1.29, 1.82) is 0 Å². The molecule has 76 valence electrons. The minimum absolute atomic E-state index is 0.0542. The zero-order valence-electron chi connectivity index (χ0n) is 8.29. The third kappa shape index (κ3) is 3.13. The number of ketones is 1. The van der Waals surface area contributed by atoms with Crippen molar-refractivity contribution in [2.24, 2.45) is 0 Å². The number of Topliss-reactive ketones (excluding diaryl/α,β-unsaturated/α-hetero) is 1. The summed E-state index contributed by atoms with van der Waals surface area (Å²) in [6.45, 7) is 1.86. The van der Waals surface area contributed by atoms with Gasteiger partial charge in [0.2, 0.25) is 0 Å². The lowest BCUT2D eigenvalue weighted by molar-refractivity contribution is 0.0792. The molecule has 14 heavy (non-hydrogen) atoms. The van der Waals surface area contributed by atoms with Crippen LogP contribution in [0.25, 0.3) is 0 Å². The molecule has 1 unspecified atom stereocenters. The second kappa shape index (κ2) is 5.13. The fourth-order valence-corrected chi connectivity index (χ4v) is 1.31. The predicted octanol–water partition coefficient (Wildman–Crippen LogP) is 2.95. The van der Waals surface area contributed by atoms with Gasteiger partial charge in [0.15, 0.2) is 5.78 Å². The number of halogens is 1. The average molecular weight is 213 g/mol. The Kier molecular flexibility index (Phi) is 4.11. The highest BCUT2D eigenvalue weighted by Gasteiger charge is 2.10. The standard InChI is InChI=1S/C11H13ClO2/c1-8(14-2)6-11(13)9-4-3-5-10(12)7-9/h3-5,7-8H,6H2,1-2H3. The van der Waals surface area contributed by atoms with E-state index in [0.717, 1.165) is 0 Å². The van der Waals surface area contributed by atoms with Crippen molar-refractivity contribution in [3.8, 4) is 0 Å². The maximum absolute atomic E-state index is 11.6. The minimum atomic E-state index is -0.0542. The first-order valence-electron chi connectivity index (χ1n) is 4.45. The molecule has 0 spiro atoms. The van der Waals surface area contributed by atoms with Crippen LogP contribution in [0.15, 0.2) is 24.3 Å². The van der Waals surface area contributed by atoms with E-state index in [9.17, 15) is 4.79 Å². The molecule has 2 nitrogen and oxygen atoms in total. The summed E-state index contributed by atoms with van der Waals surface area (Å²) >= 11 is 5.78. The molecule has 1 atom stereocenters. The van der Waals surface area contributed by atoms with E-state index in [2.05, 4.69) is 0 Å². The van der Waals surface area contributed by atoms with E-state index in [1.807, 2.05) is 6.92 Å². The largest absolute Gasteiger partial charge is 0.381 e. The summed E-state index contributed by atoms with van der Waals surface area (Å²) in [4.78, 5) is 11.6. The Balaban J connectivity index is 2.70. The van der Waals surface area contributed by atoms with E-state index in [1.54, 1.807) is 31.4 Å². The van der Waals surface area contributed by atoms with Gasteiger partial charge in [-0.1, -0.05) is 23.7 Å². The lowest BCUT2D eigenvalue weighted by Gasteiger charge is -2.07. The lowest BCUT2D eigenvalue weighted by atomic mass is 10.1. The topological polar surface area (TPSA) is 26.3 Å². The molecular formula is C11H13ClO2. The Morgan fingerprint density at radius 3 is 2.86 bits per heavy atom. The van der Waals surface area contributed by atoms with Crippen LogP contribution in [0.4, 0.5) is 0 Å². The molecule has 0 aliphatic rings. The van der Waals surface area contributed by atoms with Gasteiger partial charge < -0.3 is 4.74 Å². The predicted molar refractivity (Wildman–Crippen MR) is 56.9 cm³/mol. The van der Waals surface area contributed by atoms with Gasteiger partial charge in [-0.25, -0.2) is 0 Å². The molecule has 1 aromatic rings. The van der Waals surface area contributed by atoms with Crippen LogP contribution in [-0.4, -0.2) is 19.0 Å². The first-order valence-corrected chi connectivity index (χ1v) is 4.83. The van der Waals surface area contributed by atoms with Gasteiger partial charge >= 0.3 is 0 Å². The first-order chi connectivity index (χ1) is 6.63. The fraction of sp³-hybridized carbons (Fsp3) is 0.364. The highest BCUT2D eigenvalue weighted by atomic mass is 35.5. The molecule has 0 radical (unpaired) electrons. The van der Waals surface area contributed by atoms with Crippen LogP contribution in [0.5, 0.6) is 0 Å². The van der Waals surface area contributed by atoms with Gasteiger partial charge in [-0.3, -0.25) is 4.79 Å². The molecule has 0 heterocycles. The monoisotopic (exact) mass is 212 g/mol. The van der Waals surface area contributed by atoms with Gasteiger partial charge in [0.05, 0.1) is 6.10 Å². The fourth-order valence-electron chi connectivity index (χ4n) is 1.12. The van der Waals surface area contributed by atoms with E-state index < -0.39 is 0 Å². The van der Waals surface area contributed by atoms with E-state index in [4.69, 9.17) is 16.3 Å². The molecule has 3 heteroatoms. The summed E-state index contributed by atoms with van der Waals surface area (Å²) in [5, 5.41) is 0.584. The number of methoxy groups -OCH3 is 1. The molecule has 0 aromatic heterocycles. The summed E-state index contributed by atoms with van der Waals surface area (Å²) in [5.41, 5.74) is 0.640. The number of carbonyl (C=O) groups is 1. The van der Waals surface area contributed by atoms with Crippen molar-refractivity contribution >= 4 is 17.4 Å². The molecule has 1 aromatic carbocycles. The average Bonchev–Trinajstić information content (AvgIpc) is 2.17. The lowest BCUT2D eigenvalue weighted by Crippen LogP contribution is -2.12. The van der Waals surface area contributed by atoms with Crippen molar-refractivity contribution in [2.45, 2.75) is 19.4 Å². The van der Waals surface area contributed by atoms with Crippen molar-refractivity contribution in [2.75, 3.05) is 7.11 Å². The van der Waals surface area contributed by atoms with Gasteiger partial charge in [-0.05, 0) is 19.1 Å². The molecule has 0 aliphatic heterocycles. The third-order valence-electron chi connectivity index (χ3n) is 2.02. The van der Waals surface area contributed by atoms with Crippen LogP contribution in [0.2, 0.25) is 5.02 Å². The summed E-state index contributed by atoms with van der Waals surface area (Å²) in [7, 11) is 1.59. The van der Waals surface area contributed by atoms with Gasteiger partial charge in [0.1, 0.15) is 0 Å². The Bertz CT molecular complexity index is 323. The second-order valence-corrected chi connectivity index (χ2v) is 3.62. The van der Waals surface area contributed by atoms with Gasteiger partial charge in [-0.15, -0.1) is 0 Å².